The van der Waals surface area contributed by atoms with E-state index in [0.717, 1.165) is 12.1 Å². The van der Waals surface area contributed by atoms with Gasteiger partial charge in [-0.2, -0.15) is 0 Å². The Balaban J connectivity index is 1.97. The van der Waals surface area contributed by atoms with Crippen molar-refractivity contribution in [1.29, 1.82) is 0 Å². The second-order valence-corrected chi connectivity index (χ2v) is 7.53. The number of sulfonamides is 1. The van der Waals surface area contributed by atoms with Gasteiger partial charge in [-0.25, -0.2) is 13.1 Å². The molecule has 0 amide bonds. The fourth-order valence-corrected chi connectivity index (χ4v) is 3.37. The van der Waals surface area contributed by atoms with Gasteiger partial charge in [-0.15, -0.1) is 0 Å². The van der Waals surface area contributed by atoms with Crippen molar-refractivity contribution in [3.8, 4) is 0 Å². The molecular weight excluding hydrogens is 274 g/mol. The van der Waals surface area contributed by atoms with Crippen LogP contribution in [0.5, 0.6) is 0 Å². The predicted molar refractivity (Wildman–Crippen MR) is 79.9 cm³/mol. The highest BCUT2D eigenvalue weighted by Crippen LogP contribution is 2.20. The molecule has 1 aliphatic carbocycles. The highest BCUT2D eigenvalue weighted by atomic mass is 32.2. The molecule has 2 atom stereocenters. The van der Waals surface area contributed by atoms with Crippen LogP contribution in [0.25, 0.3) is 0 Å². The van der Waals surface area contributed by atoms with E-state index in [2.05, 4.69) is 28.9 Å². The third-order valence-electron chi connectivity index (χ3n) is 4.02. The summed E-state index contributed by atoms with van der Waals surface area (Å²) in [5.41, 5.74) is 0.911. The average Bonchev–Trinajstić information content (AvgIpc) is 3.10. The fraction of sp³-hybridized carbons (Fsp3) is 0.714. The highest BCUT2D eigenvalue weighted by molar-refractivity contribution is 7.89. The monoisotopic (exact) mass is 299 g/mol. The number of H-pyrrole nitrogens is 1. The zero-order valence-corrected chi connectivity index (χ0v) is 13.3. The van der Waals surface area contributed by atoms with Gasteiger partial charge in [0.1, 0.15) is 0 Å². The Labute approximate surface area is 121 Å². The van der Waals surface area contributed by atoms with Gasteiger partial charge in [0.25, 0.3) is 0 Å². The first-order valence-corrected chi connectivity index (χ1v) is 8.83. The Morgan fingerprint density at radius 2 is 2.10 bits per heavy atom. The minimum Gasteiger partial charge on any atom is -0.363 e. The first kappa shape index (κ1) is 15.5. The van der Waals surface area contributed by atoms with Crippen LogP contribution in [0.2, 0.25) is 0 Å². The van der Waals surface area contributed by atoms with Crippen molar-refractivity contribution in [3.63, 3.8) is 0 Å². The van der Waals surface area contributed by atoms with Crippen LogP contribution >= 0.6 is 0 Å². The van der Waals surface area contributed by atoms with Crippen LogP contribution < -0.4 is 10.0 Å². The molecule has 0 aliphatic heterocycles. The fourth-order valence-electron chi connectivity index (χ4n) is 2.00. The topological polar surface area (TPSA) is 74.0 Å². The van der Waals surface area contributed by atoms with E-state index in [0.29, 0.717) is 23.4 Å². The summed E-state index contributed by atoms with van der Waals surface area (Å²) in [6.07, 6.45) is 4.96. The maximum atomic E-state index is 12.3. The molecule has 2 rings (SSSR count). The number of aromatic amines is 1. The maximum absolute atomic E-state index is 12.3. The van der Waals surface area contributed by atoms with Gasteiger partial charge in [0.05, 0.1) is 4.90 Å². The van der Waals surface area contributed by atoms with Gasteiger partial charge in [-0.1, -0.05) is 20.3 Å². The van der Waals surface area contributed by atoms with E-state index in [-0.39, 0.29) is 6.04 Å². The molecule has 1 heterocycles. The molecule has 0 bridgehead atoms. The molecule has 2 unspecified atom stereocenters. The average molecular weight is 299 g/mol. The van der Waals surface area contributed by atoms with E-state index < -0.39 is 10.0 Å². The molecule has 6 heteroatoms. The molecule has 1 fully saturated rings. The summed E-state index contributed by atoms with van der Waals surface area (Å²) in [7, 11) is -3.43. The largest absolute Gasteiger partial charge is 0.363 e. The summed E-state index contributed by atoms with van der Waals surface area (Å²) in [4.78, 5) is 3.35. The van der Waals surface area contributed by atoms with E-state index in [1.165, 1.54) is 12.8 Å². The van der Waals surface area contributed by atoms with Crippen LogP contribution in [0.3, 0.4) is 0 Å². The zero-order chi connectivity index (χ0) is 14.8. The van der Waals surface area contributed by atoms with Gasteiger partial charge >= 0.3 is 0 Å². The standard InChI is InChI=1S/C14H25N3O2S/c1-4-10(2)11(3)17-20(18,19)14-7-13(16-9-14)8-15-12-5-6-12/h7,9-12,15-17H,4-6,8H2,1-3H3. The van der Waals surface area contributed by atoms with E-state index in [9.17, 15) is 8.42 Å². The molecule has 1 saturated carbocycles. The molecule has 1 aromatic heterocycles. The molecule has 20 heavy (non-hydrogen) atoms. The molecule has 0 aromatic carbocycles. The Morgan fingerprint density at radius 3 is 2.70 bits per heavy atom. The Morgan fingerprint density at radius 1 is 1.40 bits per heavy atom. The predicted octanol–water partition coefficient (Wildman–Crippen LogP) is 1.98. The van der Waals surface area contributed by atoms with Gasteiger partial charge in [0, 0.05) is 30.5 Å². The summed E-state index contributed by atoms with van der Waals surface area (Å²) in [5.74, 6) is 0.319. The van der Waals surface area contributed by atoms with E-state index >= 15 is 0 Å². The quantitative estimate of drug-likeness (QED) is 0.687. The van der Waals surface area contributed by atoms with Crippen molar-refractivity contribution >= 4 is 10.0 Å². The molecule has 5 nitrogen and oxygen atoms in total. The van der Waals surface area contributed by atoms with Crippen molar-refractivity contribution in [1.82, 2.24) is 15.0 Å². The highest BCUT2D eigenvalue weighted by Gasteiger charge is 2.23. The molecule has 1 aromatic rings. The second-order valence-electron chi connectivity index (χ2n) is 5.81. The molecule has 114 valence electrons. The summed E-state index contributed by atoms with van der Waals surface area (Å²) in [5, 5.41) is 3.36. The lowest BCUT2D eigenvalue weighted by atomic mass is 10.0. The van der Waals surface area contributed by atoms with Crippen molar-refractivity contribution in [2.24, 2.45) is 5.92 Å². The van der Waals surface area contributed by atoms with Crippen LogP contribution in [0, 0.1) is 5.92 Å². The third-order valence-corrected chi connectivity index (χ3v) is 5.56. The first-order chi connectivity index (χ1) is 9.42. The van der Waals surface area contributed by atoms with Gasteiger partial charge in [-0.3, -0.25) is 0 Å². The normalized spacial score (nSPS) is 18.9. The zero-order valence-electron chi connectivity index (χ0n) is 12.4. The smallest absolute Gasteiger partial charge is 0.242 e. The Hall–Kier alpha value is -0.850. The van der Waals surface area contributed by atoms with Crippen LogP contribution in [-0.2, 0) is 16.6 Å². The van der Waals surface area contributed by atoms with Crippen LogP contribution in [0.1, 0.15) is 45.7 Å². The Kier molecular flexibility index (Phi) is 4.88. The van der Waals surface area contributed by atoms with Crippen molar-refractivity contribution in [2.45, 2.75) is 63.6 Å². The van der Waals surface area contributed by atoms with E-state index in [1.54, 1.807) is 12.3 Å². The van der Waals surface area contributed by atoms with Gasteiger partial charge in [0.15, 0.2) is 0 Å². The lowest BCUT2D eigenvalue weighted by Gasteiger charge is -2.19. The first-order valence-electron chi connectivity index (χ1n) is 7.35. The number of hydrogen-bond donors (Lipinski definition) is 3. The maximum Gasteiger partial charge on any atom is 0.242 e. The van der Waals surface area contributed by atoms with Crippen LogP contribution in [0.15, 0.2) is 17.2 Å². The van der Waals surface area contributed by atoms with Gasteiger partial charge in [0.2, 0.25) is 10.0 Å². The van der Waals surface area contributed by atoms with Crippen molar-refractivity contribution in [2.75, 3.05) is 0 Å². The third kappa shape index (κ3) is 4.07. The number of hydrogen-bond acceptors (Lipinski definition) is 3. The Bertz CT molecular complexity index is 534. The lowest BCUT2D eigenvalue weighted by Crippen LogP contribution is -2.36. The number of nitrogens with one attached hydrogen (secondary N) is 3. The van der Waals surface area contributed by atoms with Gasteiger partial charge < -0.3 is 10.3 Å². The number of rotatable bonds is 8. The summed E-state index contributed by atoms with van der Waals surface area (Å²) in [6.45, 7) is 6.72. The van der Waals surface area contributed by atoms with Gasteiger partial charge in [-0.05, 0) is 31.7 Å². The second kappa shape index (κ2) is 6.28. The molecule has 3 N–H and O–H groups in total. The van der Waals surface area contributed by atoms with Crippen LogP contribution in [-0.4, -0.2) is 25.5 Å². The molecule has 0 spiro atoms. The van der Waals surface area contributed by atoms with Crippen molar-refractivity contribution < 1.29 is 8.42 Å². The molecule has 1 aliphatic rings. The van der Waals surface area contributed by atoms with E-state index in [1.807, 2.05) is 6.92 Å². The summed E-state index contributed by atoms with van der Waals surface area (Å²) in [6, 6.07) is 2.26. The summed E-state index contributed by atoms with van der Waals surface area (Å²) >= 11 is 0. The lowest BCUT2D eigenvalue weighted by molar-refractivity contribution is 0.434. The van der Waals surface area contributed by atoms with Crippen LogP contribution in [0.4, 0.5) is 0 Å². The number of aromatic nitrogens is 1. The molecule has 0 saturated heterocycles. The SMILES string of the molecule is CCC(C)C(C)NS(=O)(=O)c1c[nH]c(CNC2CC2)c1. The minimum atomic E-state index is -3.43. The minimum absolute atomic E-state index is 0.0621. The summed E-state index contributed by atoms with van der Waals surface area (Å²) < 4.78 is 27.3. The van der Waals surface area contributed by atoms with Crippen molar-refractivity contribution in [3.05, 3.63) is 18.0 Å². The molecule has 0 radical (unpaired) electrons. The molecular formula is C14H25N3O2S. The van der Waals surface area contributed by atoms with E-state index in [4.69, 9.17) is 0 Å².